The fourth-order valence-electron chi connectivity index (χ4n) is 2.16. The summed E-state index contributed by atoms with van der Waals surface area (Å²) in [5, 5.41) is 0. The van der Waals surface area contributed by atoms with E-state index in [-0.39, 0.29) is 0 Å². The number of hydrogen-bond donors (Lipinski definition) is 0. The summed E-state index contributed by atoms with van der Waals surface area (Å²) in [6.07, 6.45) is 3.85. The van der Waals surface area contributed by atoms with Gasteiger partial charge in [0.15, 0.2) is 0 Å². The van der Waals surface area contributed by atoms with Crippen LogP contribution < -0.4 is 4.90 Å². The van der Waals surface area contributed by atoms with Crippen molar-refractivity contribution in [2.45, 2.75) is 20.0 Å². The zero-order valence-electron chi connectivity index (χ0n) is 9.35. The molecule has 3 rings (SSSR count). The van der Waals surface area contributed by atoms with E-state index in [9.17, 15) is 0 Å². The van der Waals surface area contributed by atoms with Crippen LogP contribution in [-0.4, -0.2) is 4.98 Å². The van der Waals surface area contributed by atoms with Crippen LogP contribution in [0.4, 0.5) is 5.69 Å². The molecular weight excluding hydrogens is 196 g/mol. The van der Waals surface area contributed by atoms with E-state index >= 15 is 0 Å². The smallest absolute Gasteiger partial charge is 0.0451 e. The number of nitrogens with zero attached hydrogens (tertiary/aromatic N) is 2. The fraction of sp³-hybridized carbons (Fsp3) is 0.214. The molecule has 2 nitrogen and oxygen atoms in total. The molecule has 1 aromatic heterocycles. The Morgan fingerprint density at radius 2 is 1.75 bits per heavy atom. The Kier molecular flexibility index (Phi) is 2.13. The zero-order valence-corrected chi connectivity index (χ0v) is 9.35. The number of rotatable bonds is 1. The lowest BCUT2D eigenvalue weighted by molar-refractivity contribution is 0.879. The van der Waals surface area contributed by atoms with Gasteiger partial charge in [-0.3, -0.25) is 4.98 Å². The minimum Gasteiger partial charge on any atom is -0.363 e. The molecule has 80 valence electrons. The SMILES string of the molecule is Cc1ccc(N2Cc3ccncc3C2)cc1. The third-order valence-corrected chi connectivity index (χ3v) is 3.13. The van der Waals surface area contributed by atoms with Gasteiger partial charge in [0.25, 0.3) is 0 Å². The molecule has 0 unspecified atom stereocenters. The van der Waals surface area contributed by atoms with Crippen LogP contribution in [0.3, 0.4) is 0 Å². The van der Waals surface area contributed by atoms with Gasteiger partial charge in [-0.15, -0.1) is 0 Å². The van der Waals surface area contributed by atoms with Gasteiger partial charge in [-0.1, -0.05) is 17.7 Å². The van der Waals surface area contributed by atoms with Crippen molar-refractivity contribution < 1.29 is 0 Å². The molecule has 2 aromatic rings. The minimum atomic E-state index is 0.978. The molecule has 1 aromatic carbocycles. The quantitative estimate of drug-likeness (QED) is 0.719. The Labute approximate surface area is 95.6 Å². The van der Waals surface area contributed by atoms with Crippen LogP contribution in [0.25, 0.3) is 0 Å². The number of hydrogen-bond acceptors (Lipinski definition) is 2. The van der Waals surface area contributed by atoms with Crippen LogP contribution in [0.15, 0.2) is 42.7 Å². The van der Waals surface area contributed by atoms with E-state index < -0.39 is 0 Å². The molecule has 0 amide bonds. The number of aryl methyl sites for hydroxylation is 1. The van der Waals surface area contributed by atoms with Crippen molar-refractivity contribution in [3.63, 3.8) is 0 Å². The van der Waals surface area contributed by atoms with Crippen LogP contribution in [-0.2, 0) is 13.1 Å². The molecule has 0 N–H and O–H groups in total. The first-order valence-corrected chi connectivity index (χ1v) is 5.56. The monoisotopic (exact) mass is 210 g/mol. The van der Waals surface area contributed by atoms with E-state index in [0.29, 0.717) is 0 Å². The van der Waals surface area contributed by atoms with Crippen molar-refractivity contribution in [3.05, 3.63) is 59.4 Å². The molecule has 0 bridgehead atoms. The zero-order chi connectivity index (χ0) is 11.0. The number of aromatic nitrogens is 1. The van der Waals surface area contributed by atoms with E-state index in [1.807, 2.05) is 12.4 Å². The molecule has 0 fully saturated rings. The standard InChI is InChI=1S/C14H14N2/c1-11-2-4-14(5-3-11)16-9-12-6-7-15-8-13(12)10-16/h2-8H,9-10H2,1H3. The molecule has 2 heterocycles. The molecule has 1 aliphatic heterocycles. The van der Waals surface area contributed by atoms with Crippen molar-refractivity contribution in [3.8, 4) is 0 Å². The Hall–Kier alpha value is -1.83. The first kappa shape index (κ1) is 9.40. The van der Waals surface area contributed by atoms with Gasteiger partial charge in [0.1, 0.15) is 0 Å². The van der Waals surface area contributed by atoms with E-state index in [1.54, 1.807) is 0 Å². The third-order valence-electron chi connectivity index (χ3n) is 3.13. The molecule has 2 heteroatoms. The molecule has 1 aliphatic rings. The van der Waals surface area contributed by atoms with Gasteiger partial charge in [-0.2, -0.15) is 0 Å². The highest BCUT2D eigenvalue weighted by atomic mass is 15.1. The van der Waals surface area contributed by atoms with Crippen LogP contribution in [0.1, 0.15) is 16.7 Å². The summed E-state index contributed by atoms with van der Waals surface area (Å²) in [5.41, 5.74) is 5.35. The molecule has 0 aliphatic carbocycles. The number of anilines is 1. The summed E-state index contributed by atoms with van der Waals surface area (Å²) >= 11 is 0. The number of pyridine rings is 1. The second-order valence-electron chi connectivity index (χ2n) is 4.34. The summed E-state index contributed by atoms with van der Waals surface area (Å²) in [4.78, 5) is 6.55. The van der Waals surface area contributed by atoms with Gasteiger partial charge in [0.2, 0.25) is 0 Å². The first-order valence-electron chi connectivity index (χ1n) is 5.56. The summed E-state index contributed by atoms with van der Waals surface area (Å²) in [6.45, 7) is 4.10. The summed E-state index contributed by atoms with van der Waals surface area (Å²) in [5.74, 6) is 0. The fourth-order valence-corrected chi connectivity index (χ4v) is 2.16. The van der Waals surface area contributed by atoms with Gasteiger partial charge >= 0.3 is 0 Å². The second kappa shape index (κ2) is 3.63. The molecule has 0 saturated carbocycles. The van der Waals surface area contributed by atoms with Gasteiger partial charge in [0, 0.05) is 31.2 Å². The predicted molar refractivity (Wildman–Crippen MR) is 65.3 cm³/mol. The van der Waals surface area contributed by atoms with E-state index in [0.717, 1.165) is 13.1 Å². The number of benzene rings is 1. The van der Waals surface area contributed by atoms with E-state index in [4.69, 9.17) is 0 Å². The highest BCUT2D eigenvalue weighted by Crippen LogP contribution is 2.27. The molecule has 0 radical (unpaired) electrons. The van der Waals surface area contributed by atoms with Crippen molar-refractivity contribution in [2.75, 3.05) is 4.90 Å². The maximum absolute atomic E-state index is 4.17. The third kappa shape index (κ3) is 1.56. The van der Waals surface area contributed by atoms with Crippen LogP contribution in [0.5, 0.6) is 0 Å². The van der Waals surface area contributed by atoms with Gasteiger partial charge in [-0.25, -0.2) is 0 Å². The average Bonchev–Trinajstić information content (AvgIpc) is 2.73. The summed E-state index contributed by atoms with van der Waals surface area (Å²) in [7, 11) is 0. The Balaban J connectivity index is 1.88. The van der Waals surface area contributed by atoms with Gasteiger partial charge < -0.3 is 4.90 Å². The maximum atomic E-state index is 4.17. The Morgan fingerprint density at radius 1 is 1.00 bits per heavy atom. The molecule has 0 spiro atoms. The van der Waals surface area contributed by atoms with E-state index in [1.165, 1.54) is 22.4 Å². The van der Waals surface area contributed by atoms with Crippen LogP contribution >= 0.6 is 0 Å². The average molecular weight is 210 g/mol. The van der Waals surface area contributed by atoms with Crippen molar-refractivity contribution >= 4 is 5.69 Å². The maximum Gasteiger partial charge on any atom is 0.0451 e. The topological polar surface area (TPSA) is 16.1 Å². The highest BCUT2D eigenvalue weighted by molar-refractivity contribution is 5.51. The molecule has 0 atom stereocenters. The van der Waals surface area contributed by atoms with Crippen molar-refractivity contribution in [2.24, 2.45) is 0 Å². The van der Waals surface area contributed by atoms with Crippen molar-refractivity contribution in [1.29, 1.82) is 0 Å². The lowest BCUT2D eigenvalue weighted by Gasteiger charge is -2.17. The number of fused-ring (bicyclic) bond motifs is 1. The van der Waals surface area contributed by atoms with Gasteiger partial charge in [0.05, 0.1) is 0 Å². The minimum absolute atomic E-state index is 0.978. The predicted octanol–water partition coefficient (Wildman–Crippen LogP) is 2.91. The molecule has 0 saturated heterocycles. The summed E-state index contributed by atoms with van der Waals surface area (Å²) < 4.78 is 0. The first-order chi connectivity index (χ1) is 7.83. The lowest BCUT2D eigenvalue weighted by Crippen LogP contribution is -2.14. The van der Waals surface area contributed by atoms with Gasteiger partial charge in [-0.05, 0) is 36.2 Å². The van der Waals surface area contributed by atoms with Crippen LogP contribution in [0, 0.1) is 6.92 Å². The molecular formula is C14H14N2. The van der Waals surface area contributed by atoms with Crippen molar-refractivity contribution in [1.82, 2.24) is 4.98 Å². The van der Waals surface area contributed by atoms with Crippen LogP contribution in [0.2, 0.25) is 0 Å². The normalized spacial score (nSPS) is 13.9. The lowest BCUT2D eigenvalue weighted by atomic mass is 10.2. The summed E-state index contributed by atoms with van der Waals surface area (Å²) in [6, 6.07) is 10.8. The Bertz CT molecular complexity index is 477. The highest BCUT2D eigenvalue weighted by Gasteiger charge is 2.18. The Morgan fingerprint density at radius 3 is 2.50 bits per heavy atom. The molecule has 16 heavy (non-hydrogen) atoms. The van der Waals surface area contributed by atoms with E-state index in [2.05, 4.69) is 47.1 Å². The second-order valence-corrected chi connectivity index (χ2v) is 4.34. The largest absolute Gasteiger partial charge is 0.363 e.